The summed E-state index contributed by atoms with van der Waals surface area (Å²) in [7, 11) is 1.64. The molecule has 0 unspecified atom stereocenters. The van der Waals surface area contributed by atoms with E-state index in [4.69, 9.17) is 0 Å². The molecule has 0 radical (unpaired) electrons. The topological polar surface area (TPSA) is 78.9 Å². The lowest BCUT2D eigenvalue weighted by molar-refractivity contribution is -0.120. The summed E-state index contributed by atoms with van der Waals surface area (Å²) in [6.07, 6.45) is 4.98. The largest absolute Gasteiger partial charge is 0.370 e. The maximum atomic E-state index is 11.2. The van der Waals surface area contributed by atoms with Crippen molar-refractivity contribution in [2.45, 2.75) is 39.5 Å². The van der Waals surface area contributed by atoms with Crippen LogP contribution in [0.2, 0.25) is 0 Å². The van der Waals surface area contributed by atoms with E-state index < -0.39 is 0 Å². The maximum absolute atomic E-state index is 11.2. The third-order valence-electron chi connectivity index (χ3n) is 2.91. The van der Waals surface area contributed by atoms with E-state index in [1.165, 1.54) is 0 Å². The second-order valence-corrected chi connectivity index (χ2v) is 4.58. The fourth-order valence-electron chi connectivity index (χ4n) is 1.87. The van der Waals surface area contributed by atoms with Crippen LogP contribution in [0.3, 0.4) is 0 Å². The van der Waals surface area contributed by atoms with Gasteiger partial charge in [0.25, 0.3) is 0 Å². The molecule has 6 nitrogen and oxygen atoms in total. The van der Waals surface area contributed by atoms with Crippen LogP contribution in [0.4, 0.5) is 11.6 Å². The molecule has 0 spiro atoms. The molecule has 0 aliphatic rings. The van der Waals surface area contributed by atoms with E-state index in [-0.39, 0.29) is 5.91 Å². The van der Waals surface area contributed by atoms with Crippen molar-refractivity contribution in [3.05, 3.63) is 11.9 Å². The van der Waals surface area contributed by atoms with Crippen LogP contribution in [0.5, 0.6) is 0 Å². The van der Waals surface area contributed by atoms with Gasteiger partial charge in [-0.3, -0.25) is 4.79 Å². The van der Waals surface area contributed by atoms with Crippen molar-refractivity contribution in [3.63, 3.8) is 0 Å². The van der Waals surface area contributed by atoms with Crippen LogP contribution in [0.15, 0.2) is 6.33 Å². The zero-order chi connectivity index (χ0) is 14.8. The van der Waals surface area contributed by atoms with Gasteiger partial charge in [-0.2, -0.15) is 0 Å². The van der Waals surface area contributed by atoms with E-state index in [0.717, 1.165) is 43.0 Å². The molecule has 0 aromatic carbocycles. The molecule has 0 fully saturated rings. The van der Waals surface area contributed by atoms with Crippen LogP contribution in [0.25, 0.3) is 0 Å². The summed E-state index contributed by atoms with van der Waals surface area (Å²) in [5.41, 5.74) is 1.10. The average molecular weight is 279 g/mol. The average Bonchev–Trinajstić information content (AvgIpc) is 2.47. The summed E-state index contributed by atoms with van der Waals surface area (Å²) >= 11 is 0. The van der Waals surface area contributed by atoms with E-state index in [2.05, 4.69) is 39.8 Å². The lowest BCUT2D eigenvalue weighted by atomic mass is 10.1. The minimum Gasteiger partial charge on any atom is -0.370 e. The van der Waals surface area contributed by atoms with Crippen LogP contribution < -0.4 is 16.0 Å². The molecular formula is C14H25N5O. The second kappa shape index (κ2) is 9.12. The molecule has 0 bridgehead atoms. The van der Waals surface area contributed by atoms with E-state index in [0.29, 0.717) is 13.0 Å². The van der Waals surface area contributed by atoms with E-state index in [1.807, 2.05) is 0 Å². The predicted octanol–water partition coefficient (Wildman–Crippen LogP) is 1.80. The molecule has 0 atom stereocenters. The molecule has 1 aromatic rings. The van der Waals surface area contributed by atoms with Gasteiger partial charge in [0.15, 0.2) is 0 Å². The van der Waals surface area contributed by atoms with Gasteiger partial charge in [-0.25, -0.2) is 9.97 Å². The van der Waals surface area contributed by atoms with Crippen molar-refractivity contribution in [2.75, 3.05) is 30.8 Å². The van der Waals surface area contributed by atoms with Gasteiger partial charge >= 0.3 is 0 Å². The van der Waals surface area contributed by atoms with Gasteiger partial charge in [-0.1, -0.05) is 20.3 Å². The first kappa shape index (κ1) is 16.2. The molecule has 0 saturated carbocycles. The van der Waals surface area contributed by atoms with Crippen molar-refractivity contribution >= 4 is 17.5 Å². The van der Waals surface area contributed by atoms with Gasteiger partial charge < -0.3 is 16.0 Å². The summed E-state index contributed by atoms with van der Waals surface area (Å²) in [5.74, 6) is 1.74. The smallest absolute Gasteiger partial charge is 0.221 e. The molecule has 1 amide bonds. The Morgan fingerprint density at radius 1 is 1.10 bits per heavy atom. The highest BCUT2D eigenvalue weighted by molar-refractivity contribution is 5.76. The Kier molecular flexibility index (Phi) is 7.39. The van der Waals surface area contributed by atoms with Gasteiger partial charge in [0, 0.05) is 32.1 Å². The van der Waals surface area contributed by atoms with Crippen LogP contribution >= 0.6 is 0 Å². The number of hydrogen-bond acceptors (Lipinski definition) is 5. The summed E-state index contributed by atoms with van der Waals surface area (Å²) in [6.45, 7) is 5.72. The highest BCUT2D eigenvalue weighted by atomic mass is 16.1. The Balaban J connectivity index is 2.74. The molecule has 1 rings (SSSR count). The molecular weight excluding hydrogens is 254 g/mol. The van der Waals surface area contributed by atoms with Crippen LogP contribution in [0.1, 0.15) is 38.7 Å². The summed E-state index contributed by atoms with van der Waals surface area (Å²) in [5, 5.41) is 9.16. The standard InChI is InChI=1S/C14H25N5O/c1-4-6-11-13(16-8-5-2)18-10-19-14(11)17-9-7-12(20)15-3/h10H,4-9H2,1-3H3,(H,15,20)(H2,16,17,18,19). The number of hydrogen-bond donors (Lipinski definition) is 3. The number of aromatic nitrogens is 2. The highest BCUT2D eigenvalue weighted by Crippen LogP contribution is 2.21. The molecule has 0 aliphatic heterocycles. The Bertz CT molecular complexity index is 422. The van der Waals surface area contributed by atoms with E-state index >= 15 is 0 Å². The first-order valence-electron chi connectivity index (χ1n) is 7.25. The summed E-state index contributed by atoms with van der Waals surface area (Å²) in [6, 6.07) is 0. The number of carbonyl (C=O) groups excluding carboxylic acids is 1. The predicted molar refractivity (Wildman–Crippen MR) is 82.0 cm³/mol. The normalized spacial score (nSPS) is 10.2. The van der Waals surface area contributed by atoms with Gasteiger partial charge in [0.1, 0.15) is 18.0 Å². The Morgan fingerprint density at radius 2 is 1.75 bits per heavy atom. The lowest BCUT2D eigenvalue weighted by Crippen LogP contribution is -2.21. The molecule has 1 heterocycles. The Labute approximate surface area is 120 Å². The van der Waals surface area contributed by atoms with Crippen molar-refractivity contribution in [1.29, 1.82) is 0 Å². The number of amides is 1. The maximum Gasteiger partial charge on any atom is 0.221 e. The molecule has 0 saturated heterocycles. The SMILES string of the molecule is CCCNc1ncnc(NCCC(=O)NC)c1CCC. The van der Waals surface area contributed by atoms with Crippen molar-refractivity contribution in [3.8, 4) is 0 Å². The van der Waals surface area contributed by atoms with E-state index in [9.17, 15) is 4.79 Å². The minimum absolute atomic E-state index is 0.0212. The second-order valence-electron chi connectivity index (χ2n) is 4.58. The van der Waals surface area contributed by atoms with Crippen LogP contribution in [0, 0.1) is 0 Å². The molecule has 0 aliphatic carbocycles. The number of rotatable bonds is 9. The third-order valence-corrected chi connectivity index (χ3v) is 2.91. The molecule has 1 aromatic heterocycles. The Morgan fingerprint density at radius 3 is 2.30 bits per heavy atom. The monoisotopic (exact) mass is 279 g/mol. The van der Waals surface area contributed by atoms with Crippen molar-refractivity contribution < 1.29 is 4.79 Å². The number of carbonyl (C=O) groups is 1. The first-order valence-corrected chi connectivity index (χ1v) is 7.25. The number of anilines is 2. The summed E-state index contributed by atoms with van der Waals surface area (Å²) < 4.78 is 0. The fourth-order valence-corrected chi connectivity index (χ4v) is 1.87. The number of nitrogens with zero attached hydrogens (tertiary/aromatic N) is 2. The molecule has 112 valence electrons. The highest BCUT2D eigenvalue weighted by Gasteiger charge is 2.10. The Hall–Kier alpha value is -1.85. The van der Waals surface area contributed by atoms with Crippen LogP contribution in [-0.4, -0.2) is 36.0 Å². The van der Waals surface area contributed by atoms with Gasteiger partial charge in [-0.05, 0) is 12.8 Å². The van der Waals surface area contributed by atoms with E-state index in [1.54, 1.807) is 13.4 Å². The summed E-state index contributed by atoms with van der Waals surface area (Å²) in [4.78, 5) is 19.8. The first-order chi connectivity index (χ1) is 9.72. The zero-order valence-electron chi connectivity index (χ0n) is 12.6. The lowest BCUT2D eigenvalue weighted by Gasteiger charge is -2.14. The van der Waals surface area contributed by atoms with Crippen LogP contribution in [-0.2, 0) is 11.2 Å². The third kappa shape index (κ3) is 5.03. The molecule has 6 heteroatoms. The minimum atomic E-state index is 0.0212. The van der Waals surface area contributed by atoms with Crippen molar-refractivity contribution in [1.82, 2.24) is 15.3 Å². The van der Waals surface area contributed by atoms with Gasteiger partial charge in [0.2, 0.25) is 5.91 Å². The molecule has 20 heavy (non-hydrogen) atoms. The molecule has 3 N–H and O–H groups in total. The van der Waals surface area contributed by atoms with Gasteiger partial charge in [0.05, 0.1) is 0 Å². The zero-order valence-corrected chi connectivity index (χ0v) is 12.6. The number of nitrogens with one attached hydrogen (secondary N) is 3. The van der Waals surface area contributed by atoms with Crippen molar-refractivity contribution in [2.24, 2.45) is 0 Å². The quantitative estimate of drug-likeness (QED) is 0.642. The van der Waals surface area contributed by atoms with Gasteiger partial charge in [-0.15, -0.1) is 0 Å². The fraction of sp³-hybridized carbons (Fsp3) is 0.643.